The van der Waals surface area contributed by atoms with Crippen LogP contribution in [0.2, 0.25) is 0 Å². The molecule has 138 valence electrons. The van der Waals surface area contributed by atoms with Crippen LogP contribution in [0.3, 0.4) is 0 Å². The van der Waals surface area contributed by atoms with E-state index in [0.717, 1.165) is 6.42 Å². The Kier molecular flexibility index (Phi) is 4.90. The zero-order valence-electron chi connectivity index (χ0n) is 15.4. The van der Waals surface area contributed by atoms with Gasteiger partial charge in [-0.3, -0.25) is 0 Å². The van der Waals surface area contributed by atoms with Crippen molar-refractivity contribution in [1.29, 1.82) is 0 Å². The molecule has 1 aromatic heterocycles. The van der Waals surface area contributed by atoms with E-state index in [0.29, 0.717) is 11.1 Å². The highest BCUT2D eigenvalue weighted by atomic mass is 19.4. The summed E-state index contributed by atoms with van der Waals surface area (Å²) < 4.78 is 44.7. The van der Waals surface area contributed by atoms with Crippen LogP contribution in [0.5, 0.6) is 5.75 Å². The molecule has 0 saturated carbocycles. The first-order valence-electron chi connectivity index (χ1n) is 8.02. The third kappa shape index (κ3) is 4.96. The van der Waals surface area contributed by atoms with E-state index in [2.05, 4.69) is 36.1 Å². The SMILES string of the molecule is COc1ccc2c(NC(C)(C)CC(C)(C)C)nc(C(F)(F)F)nc2c1. The second-order valence-electron chi connectivity index (χ2n) is 8.02. The molecule has 0 saturated heterocycles. The lowest BCUT2D eigenvalue weighted by Gasteiger charge is -2.34. The van der Waals surface area contributed by atoms with Gasteiger partial charge in [0.2, 0.25) is 5.82 Å². The lowest BCUT2D eigenvalue weighted by atomic mass is 9.82. The van der Waals surface area contributed by atoms with Crippen molar-refractivity contribution in [2.75, 3.05) is 12.4 Å². The highest BCUT2D eigenvalue weighted by Crippen LogP contribution is 2.35. The molecule has 0 amide bonds. The van der Waals surface area contributed by atoms with Gasteiger partial charge in [0.25, 0.3) is 0 Å². The lowest BCUT2D eigenvalue weighted by Crippen LogP contribution is -2.36. The van der Waals surface area contributed by atoms with Gasteiger partial charge in [0, 0.05) is 17.0 Å². The zero-order valence-corrected chi connectivity index (χ0v) is 15.4. The monoisotopic (exact) mass is 355 g/mol. The number of aromatic nitrogens is 2. The molecule has 0 bridgehead atoms. The van der Waals surface area contributed by atoms with E-state index in [-0.39, 0.29) is 16.7 Å². The Hall–Kier alpha value is -2.05. The van der Waals surface area contributed by atoms with Crippen molar-refractivity contribution in [3.63, 3.8) is 0 Å². The fourth-order valence-corrected chi connectivity index (χ4v) is 3.15. The maximum Gasteiger partial charge on any atom is 0.451 e. The molecule has 0 aliphatic carbocycles. The van der Waals surface area contributed by atoms with Gasteiger partial charge in [0.1, 0.15) is 11.6 Å². The summed E-state index contributed by atoms with van der Waals surface area (Å²) in [5, 5.41) is 3.70. The lowest BCUT2D eigenvalue weighted by molar-refractivity contribution is -0.144. The zero-order chi connectivity index (χ0) is 19.0. The van der Waals surface area contributed by atoms with Gasteiger partial charge in [-0.05, 0) is 37.8 Å². The molecule has 0 aliphatic rings. The number of alkyl halides is 3. The number of hydrogen-bond donors (Lipinski definition) is 1. The Morgan fingerprint density at radius 3 is 2.20 bits per heavy atom. The van der Waals surface area contributed by atoms with Gasteiger partial charge in [-0.25, -0.2) is 9.97 Å². The first-order chi connectivity index (χ1) is 11.3. The molecule has 0 atom stereocenters. The Balaban J connectivity index is 2.57. The molecule has 25 heavy (non-hydrogen) atoms. The highest BCUT2D eigenvalue weighted by Gasteiger charge is 2.36. The summed E-state index contributed by atoms with van der Waals surface area (Å²) in [7, 11) is 1.46. The summed E-state index contributed by atoms with van der Waals surface area (Å²) in [6.45, 7) is 10.1. The van der Waals surface area contributed by atoms with Crippen LogP contribution in [0, 0.1) is 5.41 Å². The number of ether oxygens (including phenoxy) is 1. The summed E-state index contributed by atoms with van der Waals surface area (Å²) >= 11 is 0. The fourth-order valence-electron chi connectivity index (χ4n) is 3.15. The Morgan fingerprint density at radius 2 is 1.68 bits per heavy atom. The van der Waals surface area contributed by atoms with Crippen molar-refractivity contribution in [3.05, 3.63) is 24.0 Å². The van der Waals surface area contributed by atoms with Crippen LogP contribution in [-0.2, 0) is 6.18 Å². The molecule has 1 N–H and O–H groups in total. The van der Waals surface area contributed by atoms with Gasteiger partial charge in [0.05, 0.1) is 12.6 Å². The highest BCUT2D eigenvalue weighted by molar-refractivity contribution is 5.90. The number of nitrogens with zero attached hydrogens (tertiary/aromatic N) is 2. The van der Waals surface area contributed by atoms with Gasteiger partial charge >= 0.3 is 6.18 Å². The molecule has 0 spiro atoms. The third-order valence-electron chi connectivity index (χ3n) is 3.59. The maximum atomic E-state index is 13.2. The van der Waals surface area contributed by atoms with Crippen LogP contribution in [-0.4, -0.2) is 22.6 Å². The number of methoxy groups -OCH3 is 1. The number of halogens is 3. The van der Waals surface area contributed by atoms with E-state index in [9.17, 15) is 13.2 Å². The fraction of sp³-hybridized carbons (Fsp3) is 0.556. The number of rotatable bonds is 4. The van der Waals surface area contributed by atoms with E-state index in [1.54, 1.807) is 12.1 Å². The Labute approximate surface area is 145 Å². The Bertz CT molecular complexity index is 764. The average Bonchev–Trinajstić information content (AvgIpc) is 2.42. The predicted octanol–water partition coefficient (Wildman–Crippen LogP) is 5.28. The summed E-state index contributed by atoms with van der Waals surface area (Å²) in [6.07, 6.45) is -3.87. The normalized spacial score (nSPS) is 13.2. The second-order valence-corrected chi connectivity index (χ2v) is 8.02. The molecule has 1 heterocycles. The average molecular weight is 355 g/mol. The van der Waals surface area contributed by atoms with Crippen LogP contribution in [0.4, 0.5) is 19.0 Å². The van der Waals surface area contributed by atoms with Crippen LogP contribution in [0.25, 0.3) is 10.9 Å². The maximum absolute atomic E-state index is 13.2. The van der Waals surface area contributed by atoms with Gasteiger partial charge in [-0.1, -0.05) is 20.8 Å². The van der Waals surface area contributed by atoms with Crippen LogP contribution >= 0.6 is 0 Å². The van der Waals surface area contributed by atoms with Crippen molar-refractivity contribution >= 4 is 16.7 Å². The number of benzene rings is 1. The minimum atomic E-state index is -4.62. The largest absolute Gasteiger partial charge is 0.497 e. The topological polar surface area (TPSA) is 47.0 Å². The summed E-state index contributed by atoms with van der Waals surface area (Å²) in [5.41, 5.74) is -0.242. The molecule has 0 fully saturated rings. The first-order valence-corrected chi connectivity index (χ1v) is 8.02. The summed E-state index contributed by atoms with van der Waals surface area (Å²) in [5.74, 6) is -0.546. The quantitative estimate of drug-likeness (QED) is 0.810. The minimum Gasteiger partial charge on any atom is -0.497 e. The van der Waals surface area contributed by atoms with Crippen LogP contribution in [0.1, 0.15) is 46.9 Å². The molecule has 0 radical (unpaired) electrons. The number of anilines is 1. The van der Waals surface area contributed by atoms with E-state index in [1.165, 1.54) is 13.2 Å². The van der Waals surface area contributed by atoms with Crippen molar-refractivity contribution < 1.29 is 17.9 Å². The standard InChI is InChI=1S/C18H24F3N3O/c1-16(2,3)10-17(4,5)24-14-12-8-7-11(25-6)9-13(12)22-15(23-14)18(19,20)21/h7-9H,10H2,1-6H3,(H,22,23,24). The first kappa shape index (κ1) is 19.3. The van der Waals surface area contributed by atoms with Gasteiger partial charge in [0.15, 0.2) is 0 Å². The molecular weight excluding hydrogens is 331 g/mol. The van der Waals surface area contributed by atoms with Gasteiger partial charge in [-0.2, -0.15) is 13.2 Å². The molecule has 7 heteroatoms. The van der Waals surface area contributed by atoms with Gasteiger partial charge < -0.3 is 10.1 Å². The molecular formula is C18H24F3N3O. The summed E-state index contributed by atoms with van der Waals surface area (Å²) in [4.78, 5) is 7.42. The second kappa shape index (κ2) is 6.35. The summed E-state index contributed by atoms with van der Waals surface area (Å²) in [6, 6.07) is 4.83. The minimum absolute atomic E-state index is 0.00934. The molecule has 0 aliphatic heterocycles. The van der Waals surface area contributed by atoms with E-state index in [1.807, 2.05) is 13.8 Å². The van der Waals surface area contributed by atoms with E-state index in [4.69, 9.17) is 4.74 Å². The van der Waals surface area contributed by atoms with Crippen LogP contribution < -0.4 is 10.1 Å². The number of nitrogens with one attached hydrogen (secondary N) is 1. The molecule has 1 aromatic carbocycles. The van der Waals surface area contributed by atoms with Crippen molar-refractivity contribution in [3.8, 4) is 5.75 Å². The molecule has 2 aromatic rings. The van der Waals surface area contributed by atoms with Crippen molar-refractivity contribution in [1.82, 2.24) is 9.97 Å². The Morgan fingerprint density at radius 1 is 1.04 bits per heavy atom. The van der Waals surface area contributed by atoms with Crippen LogP contribution in [0.15, 0.2) is 18.2 Å². The third-order valence-corrected chi connectivity index (χ3v) is 3.59. The molecule has 4 nitrogen and oxygen atoms in total. The predicted molar refractivity (Wildman–Crippen MR) is 92.9 cm³/mol. The smallest absolute Gasteiger partial charge is 0.451 e. The molecule has 2 rings (SSSR count). The van der Waals surface area contributed by atoms with E-state index < -0.39 is 17.5 Å². The number of fused-ring (bicyclic) bond motifs is 1. The molecule has 0 unspecified atom stereocenters. The number of hydrogen-bond acceptors (Lipinski definition) is 4. The van der Waals surface area contributed by atoms with Gasteiger partial charge in [-0.15, -0.1) is 0 Å². The van der Waals surface area contributed by atoms with Crippen molar-refractivity contribution in [2.45, 2.75) is 52.8 Å². The van der Waals surface area contributed by atoms with Crippen molar-refractivity contribution in [2.24, 2.45) is 5.41 Å². The van der Waals surface area contributed by atoms with E-state index >= 15 is 0 Å².